The highest BCUT2D eigenvalue weighted by molar-refractivity contribution is 5.85. The van der Waals surface area contributed by atoms with Gasteiger partial charge in [-0.3, -0.25) is 4.79 Å². The molecule has 0 unspecified atom stereocenters. The second-order valence-corrected chi connectivity index (χ2v) is 5.71. The average Bonchev–Trinajstić information content (AvgIpc) is 2.41. The highest BCUT2D eigenvalue weighted by Gasteiger charge is 2.21. The lowest BCUT2D eigenvalue weighted by Crippen LogP contribution is -2.48. The van der Waals surface area contributed by atoms with Crippen LogP contribution in [-0.4, -0.2) is 31.8 Å². The lowest BCUT2D eigenvalue weighted by atomic mass is 10.1. The van der Waals surface area contributed by atoms with E-state index in [-0.39, 0.29) is 5.91 Å². The molecule has 0 fully saturated rings. The molecule has 0 radical (unpaired) electrons. The Kier molecular flexibility index (Phi) is 6.65. The molecule has 0 atom stereocenters. The SMILES string of the molecule is COCCCOc1cc(C)ccc1CNC(=O)C(C)(C)N. The molecule has 0 saturated carbocycles. The minimum atomic E-state index is -0.885. The fraction of sp³-hybridized carbons (Fsp3) is 0.562. The van der Waals surface area contributed by atoms with E-state index in [0.717, 1.165) is 23.3 Å². The number of rotatable bonds is 8. The first-order valence-corrected chi connectivity index (χ1v) is 7.13. The summed E-state index contributed by atoms with van der Waals surface area (Å²) in [5, 5.41) is 2.83. The van der Waals surface area contributed by atoms with E-state index >= 15 is 0 Å². The summed E-state index contributed by atoms with van der Waals surface area (Å²) in [5.41, 5.74) is 6.93. The Hall–Kier alpha value is -1.59. The number of nitrogens with one attached hydrogen (secondary N) is 1. The quantitative estimate of drug-likeness (QED) is 0.717. The van der Waals surface area contributed by atoms with Crippen LogP contribution in [0.5, 0.6) is 5.75 Å². The monoisotopic (exact) mass is 294 g/mol. The van der Waals surface area contributed by atoms with E-state index in [9.17, 15) is 4.79 Å². The van der Waals surface area contributed by atoms with Gasteiger partial charge in [-0.1, -0.05) is 12.1 Å². The van der Waals surface area contributed by atoms with Crippen LogP contribution in [0.25, 0.3) is 0 Å². The second-order valence-electron chi connectivity index (χ2n) is 5.71. The third-order valence-electron chi connectivity index (χ3n) is 3.00. The van der Waals surface area contributed by atoms with Gasteiger partial charge in [-0.2, -0.15) is 0 Å². The number of carbonyl (C=O) groups is 1. The summed E-state index contributed by atoms with van der Waals surface area (Å²) in [5.74, 6) is 0.606. The van der Waals surface area contributed by atoms with Crippen LogP contribution in [0.4, 0.5) is 0 Å². The van der Waals surface area contributed by atoms with E-state index in [4.69, 9.17) is 15.2 Å². The van der Waals surface area contributed by atoms with Crippen molar-refractivity contribution in [3.8, 4) is 5.75 Å². The molecule has 5 heteroatoms. The number of methoxy groups -OCH3 is 1. The van der Waals surface area contributed by atoms with Crippen LogP contribution in [0.2, 0.25) is 0 Å². The van der Waals surface area contributed by atoms with Crippen molar-refractivity contribution >= 4 is 5.91 Å². The van der Waals surface area contributed by atoms with E-state index in [1.807, 2.05) is 25.1 Å². The van der Waals surface area contributed by atoms with Gasteiger partial charge in [0.2, 0.25) is 5.91 Å². The van der Waals surface area contributed by atoms with Crippen LogP contribution in [0.15, 0.2) is 18.2 Å². The van der Waals surface area contributed by atoms with Gasteiger partial charge < -0.3 is 20.5 Å². The Bertz CT molecular complexity index is 467. The summed E-state index contributed by atoms with van der Waals surface area (Å²) in [6.07, 6.45) is 0.825. The number of ether oxygens (including phenoxy) is 2. The van der Waals surface area contributed by atoms with Crippen LogP contribution in [0.1, 0.15) is 31.4 Å². The Morgan fingerprint density at radius 3 is 2.67 bits per heavy atom. The Labute approximate surface area is 126 Å². The van der Waals surface area contributed by atoms with Crippen molar-refractivity contribution in [3.63, 3.8) is 0 Å². The molecular formula is C16H26N2O3. The molecule has 0 saturated heterocycles. The molecule has 0 aromatic heterocycles. The number of nitrogens with two attached hydrogens (primary N) is 1. The maximum Gasteiger partial charge on any atom is 0.239 e. The predicted molar refractivity (Wildman–Crippen MR) is 83.3 cm³/mol. The van der Waals surface area contributed by atoms with Gasteiger partial charge in [-0.25, -0.2) is 0 Å². The maximum absolute atomic E-state index is 11.8. The number of amides is 1. The molecular weight excluding hydrogens is 268 g/mol. The summed E-state index contributed by atoms with van der Waals surface area (Å²) in [6, 6.07) is 5.93. The smallest absolute Gasteiger partial charge is 0.239 e. The molecule has 21 heavy (non-hydrogen) atoms. The van der Waals surface area contributed by atoms with Gasteiger partial charge in [0.1, 0.15) is 5.75 Å². The van der Waals surface area contributed by atoms with Crippen molar-refractivity contribution in [2.24, 2.45) is 5.73 Å². The average molecular weight is 294 g/mol. The first kappa shape index (κ1) is 17.5. The molecule has 1 aromatic rings. The molecule has 1 aromatic carbocycles. The Balaban J connectivity index is 2.66. The molecule has 0 aliphatic carbocycles. The number of aryl methyl sites for hydroxylation is 1. The number of hydrogen-bond donors (Lipinski definition) is 2. The molecule has 1 amide bonds. The summed E-state index contributed by atoms with van der Waals surface area (Å²) in [6.45, 7) is 7.02. The lowest BCUT2D eigenvalue weighted by molar-refractivity contribution is -0.125. The Morgan fingerprint density at radius 1 is 1.33 bits per heavy atom. The van der Waals surface area contributed by atoms with Crippen LogP contribution in [0, 0.1) is 6.92 Å². The predicted octanol–water partition coefficient (Wildman–Crippen LogP) is 1.76. The van der Waals surface area contributed by atoms with Crippen LogP contribution in [-0.2, 0) is 16.1 Å². The van der Waals surface area contributed by atoms with E-state index in [0.29, 0.717) is 19.8 Å². The van der Waals surface area contributed by atoms with Gasteiger partial charge in [0.25, 0.3) is 0 Å². The van der Waals surface area contributed by atoms with Crippen LogP contribution in [0.3, 0.4) is 0 Å². The molecule has 0 aliphatic rings. The van der Waals surface area contributed by atoms with Crippen molar-refractivity contribution in [2.45, 2.75) is 39.3 Å². The molecule has 1 rings (SSSR count). The third kappa shape index (κ3) is 6.14. The van der Waals surface area contributed by atoms with Gasteiger partial charge >= 0.3 is 0 Å². The van der Waals surface area contributed by atoms with Crippen molar-refractivity contribution in [1.82, 2.24) is 5.32 Å². The molecule has 5 nitrogen and oxygen atoms in total. The topological polar surface area (TPSA) is 73.6 Å². The minimum Gasteiger partial charge on any atom is -0.493 e. The van der Waals surface area contributed by atoms with Crippen molar-refractivity contribution in [2.75, 3.05) is 20.3 Å². The summed E-state index contributed by atoms with van der Waals surface area (Å²) in [4.78, 5) is 11.8. The second kappa shape index (κ2) is 8.00. The molecule has 0 spiro atoms. The van der Waals surface area contributed by atoms with Crippen LogP contribution >= 0.6 is 0 Å². The van der Waals surface area contributed by atoms with Crippen molar-refractivity contribution < 1.29 is 14.3 Å². The zero-order chi connectivity index (χ0) is 15.9. The van der Waals surface area contributed by atoms with E-state index in [1.165, 1.54) is 0 Å². The van der Waals surface area contributed by atoms with Crippen LogP contribution < -0.4 is 15.8 Å². The summed E-state index contributed by atoms with van der Waals surface area (Å²) in [7, 11) is 1.67. The fourth-order valence-corrected chi connectivity index (χ4v) is 1.73. The number of carbonyl (C=O) groups excluding carboxylic acids is 1. The fourth-order valence-electron chi connectivity index (χ4n) is 1.73. The molecule has 3 N–H and O–H groups in total. The van der Waals surface area contributed by atoms with E-state index in [2.05, 4.69) is 5.32 Å². The van der Waals surface area contributed by atoms with Gasteiger partial charge in [0.05, 0.1) is 12.1 Å². The first-order chi connectivity index (χ1) is 9.84. The first-order valence-electron chi connectivity index (χ1n) is 7.13. The van der Waals surface area contributed by atoms with Gasteiger partial charge in [0, 0.05) is 32.2 Å². The standard InChI is InChI=1S/C16H26N2O3/c1-12-6-7-13(11-18-15(19)16(2,3)17)14(10-12)21-9-5-8-20-4/h6-7,10H,5,8-9,11,17H2,1-4H3,(H,18,19). The maximum atomic E-state index is 11.8. The largest absolute Gasteiger partial charge is 0.493 e. The highest BCUT2D eigenvalue weighted by Crippen LogP contribution is 2.20. The highest BCUT2D eigenvalue weighted by atomic mass is 16.5. The molecule has 118 valence electrons. The summed E-state index contributed by atoms with van der Waals surface area (Å²) < 4.78 is 10.8. The molecule has 0 bridgehead atoms. The third-order valence-corrected chi connectivity index (χ3v) is 3.00. The Morgan fingerprint density at radius 2 is 2.05 bits per heavy atom. The zero-order valence-corrected chi connectivity index (χ0v) is 13.4. The van der Waals surface area contributed by atoms with E-state index in [1.54, 1.807) is 21.0 Å². The summed E-state index contributed by atoms with van der Waals surface area (Å²) >= 11 is 0. The minimum absolute atomic E-state index is 0.187. The van der Waals surface area contributed by atoms with Gasteiger partial charge in [-0.15, -0.1) is 0 Å². The molecule has 0 aliphatic heterocycles. The number of benzene rings is 1. The normalized spacial score (nSPS) is 11.3. The lowest BCUT2D eigenvalue weighted by Gasteiger charge is -2.19. The zero-order valence-electron chi connectivity index (χ0n) is 13.4. The van der Waals surface area contributed by atoms with Crippen molar-refractivity contribution in [1.29, 1.82) is 0 Å². The van der Waals surface area contributed by atoms with Gasteiger partial charge in [0.15, 0.2) is 0 Å². The van der Waals surface area contributed by atoms with Crippen molar-refractivity contribution in [3.05, 3.63) is 29.3 Å². The van der Waals surface area contributed by atoms with Gasteiger partial charge in [-0.05, 0) is 32.4 Å². The molecule has 0 heterocycles. The van der Waals surface area contributed by atoms with E-state index < -0.39 is 5.54 Å². The number of hydrogen-bond acceptors (Lipinski definition) is 4.